The van der Waals surface area contributed by atoms with E-state index in [-0.39, 0.29) is 0 Å². The molecule has 0 aromatic heterocycles. The monoisotopic (exact) mass is 180 g/mol. The SMILES string of the molecule is N#CCC1(CN2CC(CO)C2)CC1. The van der Waals surface area contributed by atoms with Crippen molar-refractivity contribution in [2.45, 2.75) is 19.3 Å². The first kappa shape index (κ1) is 8.98. The van der Waals surface area contributed by atoms with Gasteiger partial charge < -0.3 is 10.0 Å². The first-order valence-electron chi connectivity index (χ1n) is 4.98. The third kappa shape index (κ3) is 1.84. The smallest absolute Gasteiger partial charge is 0.0628 e. The molecule has 72 valence electrons. The average Bonchev–Trinajstić information content (AvgIpc) is 2.78. The molecule has 13 heavy (non-hydrogen) atoms. The van der Waals surface area contributed by atoms with E-state index in [2.05, 4.69) is 11.0 Å². The van der Waals surface area contributed by atoms with Crippen molar-refractivity contribution in [3.05, 3.63) is 0 Å². The standard InChI is InChI=1S/C10H16N2O/c11-4-3-10(1-2-10)8-12-5-9(6-12)7-13/h9,13H,1-3,5-8H2. The average molecular weight is 180 g/mol. The Bertz CT molecular complexity index is 224. The van der Waals surface area contributed by atoms with Gasteiger partial charge in [0.1, 0.15) is 0 Å². The molecule has 0 spiro atoms. The van der Waals surface area contributed by atoms with Gasteiger partial charge in [-0.2, -0.15) is 5.26 Å². The molecule has 0 unspecified atom stereocenters. The van der Waals surface area contributed by atoms with Gasteiger partial charge >= 0.3 is 0 Å². The molecule has 1 saturated heterocycles. The predicted octanol–water partition coefficient (Wildman–Crippen LogP) is 0.604. The summed E-state index contributed by atoms with van der Waals surface area (Å²) in [7, 11) is 0. The molecule has 1 heterocycles. The van der Waals surface area contributed by atoms with Crippen molar-refractivity contribution in [2.24, 2.45) is 11.3 Å². The van der Waals surface area contributed by atoms with Gasteiger partial charge in [0.15, 0.2) is 0 Å². The predicted molar refractivity (Wildman–Crippen MR) is 48.9 cm³/mol. The number of rotatable bonds is 4. The molecular formula is C10H16N2O. The minimum absolute atomic E-state index is 0.321. The summed E-state index contributed by atoms with van der Waals surface area (Å²) in [5.41, 5.74) is 0.342. The number of hydrogen-bond donors (Lipinski definition) is 1. The van der Waals surface area contributed by atoms with Crippen molar-refractivity contribution in [3.63, 3.8) is 0 Å². The fourth-order valence-corrected chi connectivity index (χ4v) is 2.13. The maximum atomic E-state index is 8.84. The van der Waals surface area contributed by atoms with Crippen LogP contribution in [0.25, 0.3) is 0 Å². The Balaban J connectivity index is 1.72. The summed E-state index contributed by atoms with van der Waals surface area (Å²) in [6.07, 6.45) is 3.16. The van der Waals surface area contributed by atoms with Crippen LogP contribution in [0.15, 0.2) is 0 Å². The van der Waals surface area contributed by atoms with Crippen molar-refractivity contribution < 1.29 is 5.11 Å². The Morgan fingerprint density at radius 2 is 2.15 bits per heavy atom. The molecule has 2 rings (SSSR count). The summed E-state index contributed by atoms with van der Waals surface area (Å²) in [4.78, 5) is 2.37. The van der Waals surface area contributed by atoms with Gasteiger partial charge in [-0.15, -0.1) is 0 Å². The van der Waals surface area contributed by atoms with E-state index < -0.39 is 0 Å². The van der Waals surface area contributed by atoms with Crippen molar-refractivity contribution in [2.75, 3.05) is 26.2 Å². The zero-order valence-corrected chi connectivity index (χ0v) is 7.87. The molecule has 0 bridgehead atoms. The van der Waals surface area contributed by atoms with Gasteiger partial charge in [-0.3, -0.25) is 0 Å². The third-order valence-electron chi connectivity index (χ3n) is 3.26. The lowest BCUT2D eigenvalue weighted by Crippen LogP contribution is -2.50. The molecule has 2 fully saturated rings. The Kier molecular flexibility index (Phi) is 2.27. The number of likely N-dealkylation sites (tertiary alicyclic amines) is 1. The van der Waals surface area contributed by atoms with Crippen molar-refractivity contribution in [1.29, 1.82) is 5.26 Å². The largest absolute Gasteiger partial charge is 0.396 e. The molecule has 1 aliphatic heterocycles. The minimum atomic E-state index is 0.321. The minimum Gasteiger partial charge on any atom is -0.396 e. The number of hydrogen-bond acceptors (Lipinski definition) is 3. The van der Waals surface area contributed by atoms with Crippen LogP contribution < -0.4 is 0 Å². The van der Waals surface area contributed by atoms with E-state index in [4.69, 9.17) is 10.4 Å². The molecule has 1 N–H and O–H groups in total. The molecule has 3 heteroatoms. The zero-order valence-electron chi connectivity index (χ0n) is 7.87. The normalized spacial score (nSPS) is 26.5. The van der Waals surface area contributed by atoms with E-state index >= 15 is 0 Å². The second-order valence-corrected chi connectivity index (χ2v) is 4.58. The first-order valence-corrected chi connectivity index (χ1v) is 4.98. The van der Waals surface area contributed by atoms with Gasteiger partial charge in [0.25, 0.3) is 0 Å². The second-order valence-electron chi connectivity index (χ2n) is 4.58. The molecule has 0 atom stereocenters. The number of nitriles is 1. The fraction of sp³-hybridized carbons (Fsp3) is 0.900. The number of nitrogens with zero attached hydrogens (tertiary/aromatic N) is 2. The lowest BCUT2D eigenvalue weighted by Gasteiger charge is -2.40. The lowest BCUT2D eigenvalue weighted by atomic mass is 9.96. The Morgan fingerprint density at radius 3 is 2.62 bits per heavy atom. The maximum absolute atomic E-state index is 8.84. The van der Waals surface area contributed by atoms with Crippen LogP contribution in [0.1, 0.15) is 19.3 Å². The molecule has 3 nitrogen and oxygen atoms in total. The van der Waals surface area contributed by atoms with E-state index in [9.17, 15) is 0 Å². The first-order chi connectivity index (χ1) is 6.28. The quantitative estimate of drug-likeness (QED) is 0.689. The molecule has 1 saturated carbocycles. The van der Waals surface area contributed by atoms with Gasteiger partial charge in [-0.25, -0.2) is 0 Å². The Labute approximate surface area is 79.0 Å². The second kappa shape index (κ2) is 3.28. The summed E-state index contributed by atoms with van der Waals surface area (Å²) >= 11 is 0. The molecular weight excluding hydrogens is 164 g/mol. The lowest BCUT2D eigenvalue weighted by molar-refractivity contribution is 0.0384. The maximum Gasteiger partial charge on any atom is 0.0628 e. The van der Waals surface area contributed by atoms with Crippen LogP contribution in [0.4, 0.5) is 0 Å². The van der Waals surface area contributed by atoms with Crippen LogP contribution in [0.3, 0.4) is 0 Å². The highest BCUT2D eigenvalue weighted by atomic mass is 16.3. The summed E-state index contributed by atoms with van der Waals surface area (Å²) in [5, 5.41) is 17.5. The fourth-order valence-electron chi connectivity index (χ4n) is 2.13. The summed E-state index contributed by atoms with van der Waals surface area (Å²) in [6, 6.07) is 2.27. The summed E-state index contributed by atoms with van der Waals surface area (Å²) < 4.78 is 0. The van der Waals surface area contributed by atoms with Crippen molar-refractivity contribution >= 4 is 0 Å². The van der Waals surface area contributed by atoms with E-state index in [0.717, 1.165) is 19.6 Å². The van der Waals surface area contributed by atoms with Gasteiger partial charge in [0.2, 0.25) is 0 Å². The van der Waals surface area contributed by atoms with E-state index in [1.54, 1.807) is 0 Å². The van der Waals surface area contributed by atoms with Crippen LogP contribution in [-0.4, -0.2) is 36.2 Å². The number of aliphatic hydroxyl groups is 1. The molecule has 2 aliphatic rings. The molecule has 0 radical (unpaired) electrons. The summed E-state index contributed by atoms with van der Waals surface area (Å²) in [5.74, 6) is 0.498. The molecule has 1 aliphatic carbocycles. The zero-order chi connectivity index (χ0) is 9.31. The highest BCUT2D eigenvalue weighted by Gasteiger charge is 2.45. The van der Waals surface area contributed by atoms with Gasteiger partial charge in [-0.05, 0) is 18.3 Å². The van der Waals surface area contributed by atoms with Crippen LogP contribution in [0.5, 0.6) is 0 Å². The van der Waals surface area contributed by atoms with E-state index in [0.29, 0.717) is 24.4 Å². The highest BCUT2D eigenvalue weighted by molar-refractivity contribution is 5.02. The van der Waals surface area contributed by atoms with Gasteiger partial charge in [0.05, 0.1) is 6.07 Å². The summed E-state index contributed by atoms with van der Waals surface area (Å²) in [6.45, 7) is 3.46. The molecule has 0 aromatic rings. The van der Waals surface area contributed by atoms with Crippen molar-refractivity contribution in [1.82, 2.24) is 4.90 Å². The molecule has 0 aromatic carbocycles. The number of aliphatic hydroxyl groups excluding tert-OH is 1. The van der Waals surface area contributed by atoms with E-state index in [1.165, 1.54) is 12.8 Å². The Hall–Kier alpha value is -0.590. The van der Waals surface area contributed by atoms with E-state index in [1.807, 2.05) is 0 Å². The topological polar surface area (TPSA) is 47.3 Å². The van der Waals surface area contributed by atoms with Crippen LogP contribution >= 0.6 is 0 Å². The highest BCUT2D eigenvalue weighted by Crippen LogP contribution is 2.49. The van der Waals surface area contributed by atoms with Crippen LogP contribution in [0.2, 0.25) is 0 Å². The van der Waals surface area contributed by atoms with Crippen LogP contribution in [-0.2, 0) is 0 Å². The molecule has 0 amide bonds. The van der Waals surface area contributed by atoms with Crippen molar-refractivity contribution in [3.8, 4) is 6.07 Å². The Morgan fingerprint density at radius 1 is 1.46 bits per heavy atom. The van der Waals surface area contributed by atoms with Gasteiger partial charge in [-0.1, -0.05) is 0 Å². The van der Waals surface area contributed by atoms with Crippen LogP contribution in [0, 0.1) is 22.7 Å². The third-order valence-corrected chi connectivity index (χ3v) is 3.26. The van der Waals surface area contributed by atoms with Gasteiger partial charge in [0, 0.05) is 38.6 Å².